The van der Waals surface area contributed by atoms with Gasteiger partial charge in [-0.05, 0) is 18.4 Å². The van der Waals surface area contributed by atoms with Gasteiger partial charge in [-0.2, -0.15) is 0 Å². The van der Waals surface area contributed by atoms with Crippen LogP contribution >= 0.6 is 0 Å². The Balaban J connectivity index is 2.09. The van der Waals surface area contributed by atoms with Crippen molar-refractivity contribution in [3.8, 4) is 0 Å². The second-order valence-corrected chi connectivity index (χ2v) is 3.85. The van der Waals surface area contributed by atoms with Crippen LogP contribution in [0, 0.1) is 5.92 Å². The van der Waals surface area contributed by atoms with Crippen LogP contribution in [0.3, 0.4) is 0 Å². The number of Topliss-reactive ketones (excluding diaryl/α,β-unsaturated/α-hetero) is 1. The fourth-order valence-electron chi connectivity index (χ4n) is 1.53. The van der Waals surface area contributed by atoms with Crippen LogP contribution in [-0.4, -0.2) is 17.5 Å². The normalized spacial score (nSPS) is 15.8. The third-order valence-corrected chi connectivity index (χ3v) is 2.56. The SMILES string of the molecule is O=C(c1ccc(C=CCO)cc1)C1CC1. The first-order valence-electron chi connectivity index (χ1n) is 5.23. The van der Waals surface area contributed by atoms with Gasteiger partial charge in [-0.1, -0.05) is 36.4 Å². The van der Waals surface area contributed by atoms with Crippen LogP contribution in [0.4, 0.5) is 0 Å². The Bertz CT molecular complexity index is 372. The predicted molar refractivity (Wildman–Crippen MR) is 59.6 cm³/mol. The van der Waals surface area contributed by atoms with Crippen molar-refractivity contribution in [1.82, 2.24) is 0 Å². The van der Waals surface area contributed by atoms with Crippen LogP contribution in [-0.2, 0) is 0 Å². The Kier molecular flexibility index (Phi) is 2.97. The molecule has 0 saturated heterocycles. The summed E-state index contributed by atoms with van der Waals surface area (Å²) in [6.07, 6.45) is 5.61. The summed E-state index contributed by atoms with van der Waals surface area (Å²) in [6, 6.07) is 7.53. The van der Waals surface area contributed by atoms with Gasteiger partial charge in [0.2, 0.25) is 0 Å². The first-order valence-corrected chi connectivity index (χ1v) is 5.23. The first-order chi connectivity index (χ1) is 7.31. The molecule has 2 heteroatoms. The second kappa shape index (κ2) is 4.41. The van der Waals surface area contributed by atoms with Gasteiger partial charge in [0.05, 0.1) is 6.61 Å². The molecule has 0 bridgehead atoms. The molecule has 1 fully saturated rings. The standard InChI is InChI=1S/C13H14O2/c14-9-1-2-10-3-5-11(6-4-10)13(15)12-7-8-12/h1-6,12,14H,7-9H2. The molecule has 15 heavy (non-hydrogen) atoms. The van der Waals surface area contributed by atoms with Crippen LogP contribution in [0.5, 0.6) is 0 Å². The van der Waals surface area contributed by atoms with E-state index in [1.54, 1.807) is 6.08 Å². The lowest BCUT2D eigenvalue weighted by Crippen LogP contribution is -2.00. The third kappa shape index (κ3) is 2.54. The number of carbonyl (C=O) groups is 1. The molecule has 1 aromatic carbocycles. The highest BCUT2D eigenvalue weighted by molar-refractivity contribution is 5.99. The lowest BCUT2D eigenvalue weighted by atomic mass is 10.1. The highest BCUT2D eigenvalue weighted by Crippen LogP contribution is 2.32. The van der Waals surface area contributed by atoms with Crippen molar-refractivity contribution in [2.24, 2.45) is 5.92 Å². The summed E-state index contributed by atoms with van der Waals surface area (Å²) in [4.78, 5) is 11.7. The lowest BCUT2D eigenvalue weighted by molar-refractivity contribution is 0.0967. The van der Waals surface area contributed by atoms with E-state index in [0.29, 0.717) is 0 Å². The van der Waals surface area contributed by atoms with Gasteiger partial charge in [-0.3, -0.25) is 4.79 Å². The fourth-order valence-corrected chi connectivity index (χ4v) is 1.53. The highest BCUT2D eigenvalue weighted by atomic mass is 16.2. The van der Waals surface area contributed by atoms with E-state index in [2.05, 4.69) is 0 Å². The number of hydrogen-bond donors (Lipinski definition) is 1. The molecule has 2 nitrogen and oxygen atoms in total. The topological polar surface area (TPSA) is 37.3 Å². The molecule has 78 valence electrons. The molecule has 1 aliphatic rings. The Morgan fingerprint density at radius 3 is 2.53 bits per heavy atom. The molecular weight excluding hydrogens is 188 g/mol. The van der Waals surface area contributed by atoms with Crippen molar-refractivity contribution in [2.75, 3.05) is 6.61 Å². The summed E-state index contributed by atoms with van der Waals surface area (Å²) in [7, 11) is 0. The van der Waals surface area contributed by atoms with E-state index in [-0.39, 0.29) is 18.3 Å². The number of aliphatic hydroxyl groups is 1. The molecule has 0 atom stereocenters. The number of ketones is 1. The summed E-state index contributed by atoms with van der Waals surface area (Å²) in [5.41, 5.74) is 1.81. The third-order valence-electron chi connectivity index (χ3n) is 2.56. The summed E-state index contributed by atoms with van der Waals surface area (Å²) in [5.74, 6) is 0.552. The molecule has 1 aromatic rings. The molecule has 0 spiro atoms. The maximum atomic E-state index is 11.7. The Morgan fingerprint density at radius 2 is 2.00 bits per heavy atom. The van der Waals surface area contributed by atoms with Crippen LogP contribution in [0.25, 0.3) is 6.08 Å². The van der Waals surface area contributed by atoms with E-state index in [4.69, 9.17) is 5.11 Å². The van der Waals surface area contributed by atoms with Crippen molar-refractivity contribution < 1.29 is 9.90 Å². The minimum atomic E-state index is 0.0444. The van der Waals surface area contributed by atoms with Crippen LogP contribution in [0.15, 0.2) is 30.3 Å². The highest BCUT2D eigenvalue weighted by Gasteiger charge is 2.30. The van der Waals surface area contributed by atoms with Gasteiger partial charge in [-0.15, -0.1) is 0 Å². The zero-order chi connectivity index (χ0) is 10.7. The average Bonchev–Trinajstić information content (AvgIpc) is 3.10. The van der Waals surface area contributed by atoms with Gasteiger partial charge in [0.25, 0.3) is 0 Å². The predicted octanol–water partition coefficient (Wildman–Crippen LogP) is 2.28. The van der Waals surface area contributed by atoms with Crippen molar-refractivity contribution in [3.05, 3.63) is 41.5 Å². The maximum absolute atomic E-state index is 11.7. The lowest BCUT2D eigenvalue weighted by Gasteiger charge is -1.99. The van der Waals surface area contributed by atoms with E-state index in [9.17, 15) is 4.79 Å². The zero-order valence-corrected chi connectivity index (χ0v) is 8.52. The molecule has 0 heterocycles. The van der Waals surface area contributed by atoms with E-state index in [1.807, 2.05) is 30.3 Å². The summed E-state index contributed by atoms with van der Waals surface area (Å²) in [5, 5.41) is 8.61. The minimum absolute atomic E-state index is 0.0444. The molecule has 2 rings (SSSR count). The molecule has 0 radical (unpaired) electrons. The van der Waals surface area contributed by atoms with E-state index >= 15 is 0 Å². The number of hydrogen-bond acceptors (Lipinski definition) is 2. The summed E-state index contributed by atoms with van der Waals surface area (Å²) >= 11 is 0. The monoisotopic (exact) mass is 202 g/mol. The number of aliphatic hydroxyl groups excluding tert-OH is 1. The van der Waals surface area contributed by atoms with Crippen molar-refractivity contribution in [2.45, 2.75) is 12.8 Å². The van der Waals surface area contributed by atoms with Gasteiger partial charge in [0.1, 0.15) is 0 Å². The second-order valence-electron chi connectivity index (χ2n) is 3.85. The summed E-state index contributed by atoms with van der Waals surface area (Å²) < 4.78 is 0. The fraction of sp³-hybridized carbons (Fsp3) is 0.308. The van der Waals surface area contributed by atoms with Crippen molar-refractivity contribution in [3.63, 3.8) is 0 Å². The van der Waals surface area contributed by atoms with Crippen LogP contribution in [0.1, 0.15) is 28.8 Å². The quantitative estimate of drug-likeness (QED) is 0.760. The van der Waals surface area contributed by atoms with Crippen molar-refractivity contribution >= 4 is 11.9 Å². The van der Waals surface area contributed by atoms with Crippen LogP contribution in [0.2, 0.25) is 0 Å². The molecule has 1 N–H and O–H groups in total. The number of carbonyl (C=O) groups excluding carboxylic acids is 1. The maximum Gasteiger partial charge on any atom is 0.165 e. The van der Waals surface area contributed by atoms with E-state index in [0.717, 1.165) is 24.0 Å². The van der Waals surface area contributed by atoms with Gasteiger partial charge in [0.15, 0.2) is 5.78 Å². The van der Waals surface area contributed by atoms with Gasteiger partial charge >= 0.3 is 0 Å². The van der Waals surface area contributed by atoms with Crippen molar-refractivity contribution in [1.29, 1.82) is 0 Å². The molecule has 1 saturated carbocycles. The first kappa shape index (κ1) is 10.1. The van der Waals surface area contributed by atoms with Gasteiger partial charge in [-0.25, -0.2) is 0 Å². The van der Waals surface area contributed by atoms with Gasteiger partial charge in [0, 0.05) is 11.5 Å². The summed E-state index contributed by atoms with van der Waals surface area (Å²) in [6.45, 7) is 0.0444. The zero-order valence-electron chi connectivity index (χ0n) is 8.52. The molecule has 0 aliphatic heterocycles. The number of rotatable bonds is 4. The minimum Gasteiger partial charge on any atom is -0.392 e. The Morgan fingerprint density at radius 1 is 1.33 bits per heavy atom. The van der Waals surface area contributed by atoms with E-state index in [1.165, 1.54) is 0 Å². The van der Waals surface area contributed by atoms with Gasteiger partial charge < -0.3 is 5.11 Å². The largest absolute Gasteiger partial charge is 0.392 e. The molecule has 1 aliphatic carbocycles. The Hall–Kier alpha value is -1.41. The molecule has 0 aromatic heterocycles. The van der Waals surface area contributed by atoms with E-state index < -0.39 is 0 Å². The molecular formula is C13H14O2. The smallest absolute Gasteiger partial charge is 0.165 e. The number of benzene rings is 1. The van der Waals surface area contributed by atoms with Crippen LogP contribution < -0.4 is 0 Å². The Labute approximate surface area is 89.2 Å². The average molecular weight is 202 g/mol. The molecule has 0 unspecified atom stereocenters. The molecule has 0 amide bonds.